The maximum atomic E-state index is 11.9. The molecule has 0 unspecified atom stereocenters. The van der Waals surface area contributed by atoms with Gasteiger partial charge in [-0.25, -0.2) is 4.79 Å². The number of nitrogens with one attached hydrogen (secondary N) is 2. The highest BCUT2D eigenvalue weighted by atomic mass is 35.5. The molecule has 0 saturated heterocycles. The molecule has 0 aliphatic carbocycles. The van der Waals surface area contributed by atoms with Crippen LogP contribution in [0, 0.1) is 0 Å². The zero-order valence-corrected chi connectivity index (χ0v) is 11.7. The van der Waals surface area contributed by atoms with Crippen LogP contribution in [0.4, 0.5) is 10.5 Å². The molecule has 0 atom stereocenters. The van der Waals surface area contributed by atoms with Gasteiger partial charge in [0.1, 0.15) is 0 Å². The summed E-state index contributed by atoms with van der Waals surface area (Å²) in [7, 11) is 0. The van der Waals surface area contributed by atoms with Crippen molar-refractivity contribution >= 4 is 40.8 Å². The van der Waals surface area contributed by atoms with Crippen molar-refractivity contribution in [2.45, 2.75) is 0 Å². The number of urea groups is 1. The highest BCUT2D eigenvalue weighted by Gasteiger charge is 2.13. The number of imide groups is 1. The summed E-state index contributed by atoms with van der Waals surface area (Å²) >= 11 is 11.6. The average molecular weight is 309 g/mol. The van der Waals surface area contributed by atoms with Crippen LogP contribution in [0.25, 0.3) is 0 Å². The molecule has 0 aliphatic heterocycles. The number of carbonyl (C=O) groups excluding carboxylic acids is 2. The second-order valence-corrected chi connectivity index (χ2v) is 4.74. The number of rotatable bonds is 2. The van der Waals surface area contributed by atoms with Crippen molar-refractivity contribution in [2.24, 2.45) is 0 Å². The minimum absolute atomic E-state index is 0.180. The predicted octanol–water partition coefficient (Wildman–Crippen LogP) is 3.96. The van der Waals surface area contributed by atoms with E-state index in [4.69, 9.17) is 23.2 Å². The maximum absolute atomic E-state index is 11.9. The Hall–Kier alpha value is -2.04. The lowest BCUT2D eigenvalue weighted by molar-refractivity contribution is 0.0967. The predicted molar refractivity (Wildman–Crippen MR) is 79.4 cm³/mol. The first-order chi connectivity index (χ1) is 9.56. The third kappa shape index (κ3) is 3.73. The Labute approximate surface area is 125 Å². The van der Waals surface area contributed by atoms with E-state index in [0.29, 0.717) is 10.7 Å². The van der Waals surface area contributed by atoms with E-state index in [1.807, 2.05) is 6.07 Å². The summed E-state index contributed by atoms with van der Waals surface area (Å²) in [6.45, 7) is 0. The summed E-state index contributed by atoms with van der Waals surface area (Å²) in [5.41, 5.74) is 0.763. The van der Waals surface area contributed by atoms with Gasteiger partial charge in [-0.1, -0.05) is 41.4 Å². The van der Waals surface area contributed by atoms with E-state index in [0.717, 1.165) is 0 Å². The van der Waals surface area contributed by atoms with E-state index in [-0.39, 0.29) is 10.6 Å². The van der Waals surface area contributed by atoms with Gasteiger partial charge in [-0.05, 0) is 30.3 Å². The van der Waals surface area contributed by atoms with Gasteiger partial charge in [-0.2, -0.15) is 0 Å². The van der Waals surface area contributed by atoms with Crippen LogP contribution in [0.3, 0.4) is 0 Å². The summed E-state index contributed by atoms with van der Waals surface area (Å²) in [5.74, 6) is -0.597. The molecule has 2 N–H and O–H groups in total. The molecule has 0 bridgehead atoms. The minimum atomic E-state index is -0.632. The Balaban J connectivity index is 2.02. The Morgan fingerprint density at radius 2 is 1.65 bits per heavy atom. The third-order valence-electron chi connectivity index (χ3n) is 2.43. The highest BCUT2D eigenvalue weighted by molar-refractivity contribution is 6.37. The van der Waals surface area contributed by atoms with Gasteiger partial charge in [0, 0.05) is 10.7 Å². The average Bonchev–Trinajstić information content (AvgIpc) is 2.39. The van der Waals surface area contributed by atoms with Crippen LogP contribution in [0.1, 0.15) is 10.4 Å². The van der Waals surface area contributed by atoms with Crippen LogP contribution in [0.5, 0.6) is 0 Å². The number of benzene rings is 2. The fourth-order valence-corrected chi connectivity index (χ4v) is 2.02. The van der Waals surface area contributed by atoms with Gasteiger partial charge in [0.05, 0.1) is 10.6 Å². The summed E-state index contributed by atoms with van der Waals surface area (Å²) in [5, 5.41) is 5.32. The second-order valence-electron chi connectivity index (χ2n) is 3.90. The van der Waals surface area contributed by atoms with Crippen LogP contribution in [0.2, 0.25) is 10.0 Å². The molecule has 6 heteroatoms. The molecule has 0 saturated carbocycles. The molecule has 0 radical (unpaired) electrons. The van der Waals surface area contributed by atoms with Crippen molar-refractivity contribution in [1.29, 1.82) is 0 Å². The zero-order valence-electron chi connectivity index (χ0n) is 10.2. The molecule has 2 rings (SSSR count). The number of halogens is 2. The number of anilines is 1. The monoisotopic (exact) mass is 308 g/mol. The van der Waals surface area contributed by atoms with Gasteiger partial charge in [-0.3, -0.25) is 10.1 Å². The molecule has 0 heterocycles. The summed E-state index contributed by atoms with van der Waals surface area (Å²) < 4.78 is 0. The first-order valence-electron chi connectivity index (χ1n) is 5.68. The minimum Gasteiger partial charge on any atom is -0.308 e. The van der Waals surface area contributed by atoms with Gasteiger partial charge in [0.25, 0.3) is 5.91 Å². The van der Waals surface area contributed by atoms with Crippen LogP contribution < -0.4 is 10.6 Å². The summed E-state index contributed by atoms with van der Waals surface area (Å²) in [6.07, 6.45) is 0. The summed E-state index contributed by atoms with van der Waals surface area (Å²) in [6, 6.07) is 12.6. The highest BCUT2D eigenvalue weighted by Crippen LogP contribution is 2.20. The topological polar surface area (TPSA) is 58.2 Å². The van der Waals surface area contributed by atoms with Crippen molar-refractivity contribution in [3.8, 4) is 0 Å². The van der Waals surface area contributed by atoms with E-state index in [2.05, 4.69) is 10.6 Å². The fourth-order valence-electron chi connectivity index (χ4n) is 1.53. The molecular formula is C14H10Cl2N2O2. The molecule has 20 heavy (non-hydrogen) atoms. The molecule has 4 nitrogen and oxygen atoms in total. The van der Waals surface area contributed by atoms with Gasteiger partial charge < -0.3 is 5.32 Å². The Morgan fingerprint density at radius 1 is 0.950 bits per heavy atom. The largest absolute Gasteiger partial charge is 0.326 e. The van der Waals surface area contributed by atoms with E-state index in [1.165, 1.54) is 18.2 Å². The van der Waals surface area contributed by atoms with Crippen molar-refractivity contribution in [1.82, 2.24) is 5.32 Å². The third-order valence-corrected chi connectivity index (χ3v) is 2.98. The Bertz CT molecular complexity index is 645. The molecule has 3 amide bonds. The lowest BCUT2D eigenvalue weighted by Crippen LogP contribution is -2.34. The SMILES string of the molecule is O=C(NC(=O)c1ccc(Cl)cc1Cl)Nc1ccccc1. The standard InChI is InChI=1S/C14H10Cl2N2O2/c15-9-6-7-11(12(16)8-9)13(19)18-14(20)17-10-4-2-1-3-5-10/h1-8H,(H2,17,18,19,20). The van der Waals surface area contributed by atoms with Crippen LogP contribution in [0.15, 0.2) is 48.5 Å². The quantitative estimate of drug-likeness (QED) is 0.882. The van der Waals surface area contributed by atoms with Crippen LogP contribution >= 0.6 is 23.2 Å². The van der Waals surface area contributed by atoms with Gasteiger partial charge >= 0.3 is 6.03 Å². The van der Waals surface area contributed by atoms with E-state index in [9.17, 15) is 9.59 Å². The molecule has 0 aromatic heterocycles. The van der Waals surface area contributed by atoms with Crippen LogP contribution in [-0.2, 0) is 0 Å². The first-order valence-corrected chi connectivity index (χ1v) is 6.44. The maximum Gasteiger partial charge on any atom is 0.326 e. The van der Waals surface area contributed by atoms with Gasteiger partial charge in [0.15, 0.2) is 0 Å². The molecule has 102 valence electrons. The normalized spacial score (nSPS) is 9.90. The molecule has 0 fully saturated rings. The number of hydrogen-bond donors (Lipinski definition) is 2. The number of carbonyl (C=O) groups is 2. The smallest absolute Gasteiger partial charge is 0.308 e. The molecule has 2 aromatic carbocycles. The lowest BCUT2D eigenvalue weighted by Gasteiger charge is -2.07. The second kappa shape index (κ2) is 6.41. The first kappa shape index (κ1) is 14.4. The molecule has 2 aromatic rings. The van der Waals surface area contributed by atoms with E-state index in [1.54, 1.807) is 24.3 Å². The van der Waals surface area contributed by atoms with Crippen molar-refractivity contribution in [3.05, 3.63) is 64.1 Å². The number of amides is 3. The molecule has 0 aliphatic rings. The van der Waals surface area contributed by atoms with E-state index < -0.39 is 11.9 Å². The lowest BCUT2D eigenvalue weighted by atomic mass is 10.2. The van der Waals surface area contributed by atoms with Crippen molar-refractivity contribution < 1.29 is 9.59 Å². The molecular weight excluding hydrogens is 299 g/mol. The zero-order chi connectivity index (χ0) is 14.5. The van der Waals surface area contributed by atoms with Crippen LogP contribution in [-0.4, -0.2) is 11.9 Å². The fraction of sp³-hybridized carbons (Fsp3) is 0. The number of hydrogen-bond acceptors (Lipinski definition) is 2. The van der Waals surface area contributed by atoms with Gasteiger partial charge in [0.2, 0.25) is 0 Å². The van der Waals surface area contributed by atoms with E-state index >= 15 is 0 Å². The summed E-state index contributed by atoms with van der Waals surface area (Å²) in [4.78, 5) is 23.5. The number of para-hydroxylation sites is 1. The molecule has 0 spiro atoms. The van der Waals surface area contributed by atoms with Gasteiger partial charge in [-0.15, -0.1) is 0 Å². The Kier molecular flexibility index (Phi) is 4.61. The van der Waals surface area contributed by atoms with Crippen molar-refractivity contribution in [2.75, 3.05) is 5.32 Å². The Morgan fingerprint density at radius 3 is 2.30 bits per heavy atom. The van der Waals surface area contributed by atoms with Crippen molar-refractivity contribution in [3.63, 3.8) is 0 Å².